The molecule has 0 amide bonds. The lowest BCUT2D eigenvalue weighted by molar-refractivity contribution is 1.21. The van der Waals surface area contributed by atoms with Gasteiger partial charge in [-0.2, -0.15) is 0 Å². The molecule has 6 aromatic rings. The molecule has 1 heteroatoms. The molecule has 0 saturated carbocycles. The summed E-state index contributed by atoms with van der Waals surface area (Å²) in [6.45, 7) is 10.1. The van der Waals surface area contributed by atoms with E-state index in [1.54, 1.807) is 0 Å². The minimum absolute atomic E-state index is 0.963. The van der Waals surface area contributed by atoms with Gasteiger partial charge in [0.1, 0.15) is 0 Å². The van der Waals surface area contributed by atoms with Crippen molar-refractivity contribution in [2.45, 2.75) is 6.92 Å². The number of allylic oxidation sites excluding steroid dienone is 3. The fourth-order valence-corrected chi connectivity index (χ4v) is 5.27. The van der Waals surface area contributed by atoms with E-state index in [1.807, 2.05) is 18.2 Å². The van der Waals surface area contributed by atoms with Gasteiger partial charge >= 0.3 is 0 Å². The van der Waals surface area contributed by atoms with Gasteiger partial charge in [-0.3, -0.25) is 0 Å². The van der Waals surface area contributed by atoms with Crippen LogP contribution in [0.5, 0.6) is 0 Å². The third kappa shape index (κ3) is 4.98. The van der Waals surface area contributed by atoms with E-state index in [2.05, 4.69) is 152 Å². The number of rotatable bonds is 7. The fraction of sp³-hybridized carbons (Fsp3) is 0.0256. The second-order valence-corrected chi connectivity index (χ2v) is 10.1. The van der Waals surface area contributed by atoms with Gasteiger partial charge in [0.25, 0.3) is 0 Å². The summed E-state index contributed by atoms with van der Waals surface area (Å²) >= 11 is 0. The molecule has 1 nitrogen and oxygen atoms in total. The second-order valence-electron chi connectivity index (χ2n) is 10.1. The second kappa shape index (κ2) is 10.9. The van der Waals surface area contributed by atoms with Gasteiger partial charge in [-0.15, -0.1) is 0 Å². The molecule has 0 atom stereocenters. The van der Waals surface area contributed by atoms with Crippen molar-refractivity contribution in [2.75, 3.05) is 4.90 Å². The largest absolute Gasteiger partial charge is 0.311 e. The van der Waals surface area contributed by atoms with Crippen LogP contribution in [-0.2, 0) is 0 Å². The van der Waals surface area contributed by atoms with Crippen molar-refractivity contribution in [3.8, 4) is 22.3 Å². The summed E-state index contributed by atoms with van der Waals surface area (Å²) in [4.78, 5) is 2.23. The number of anilines is 2. The smallest absolute Gasteiger partial charge is 0.0467 e. The van der Waals surface area contributed by atoms with Gasteiger partial charge in [-0.25, -0.2) is 0 Å². The van der Waals surface area contributed by atoms with Crippen molar-refractivity contribution >= 4 is 32.9 Å². The molecule has 0 bridgehead atoms. The van der Waals surface area contributed by atoms with Gasteiger partial charge in [0.15, 0.2) is 0 Å². The first-order valence-electron chi connectivity index (χ1n) is 13.6. The van der Waals surface area contributed by atoms with Crippen molar-refractivity contribution in [3.05, 3.63) is 170 Å². The lowest BCUT2D eigenvalue weighted by atomic mass is 9.98. The predicted octanol–water partition coefficient (Wildman–Crippen LogP) is 11.0. The number of hydrogen-bond acceptors (Lipinski definition) is 1. The zero-order chi connectivity index (χ0) is 27.5. The highest BCUT2D eigenvalue weighted by atomic mass is 15.1. The molecule has 0 fully saturated rings. The van der Waals surface area contributed by atoms with Gasteiger partial charge in [-0.1, -0.05) is 116 Å². The molecule has 192 valence electrons. The first-order chi connectivity index (χ1) is 19.6. The molecule has 0 N–H and O–H groups in total. The molecule has 0 radical (unpaired) electrons. The summed E-state index contributed by atoms with van der Waals surface area (Å²) in [5, 5.41) is 4.90. The van der Waals surface area contributed by atoms with Crippen molar-refractivity contribution in [1.82, 2.24) is 0 Å². The minimum atomic E-state index is 0.963. The van der Waals surface area contributed by atoms with E-state index in [1.165, 1.54) is 49.4 Å². The molecule has 0 unspecified atom stereocenters. The summed E-state index contributed by atoms with van der Waals surface area (Å²) in [6.07, 6.45) is 5.68. The Morgan fingerprint density at radius 2 is 1.02 bits per heavy atom. The van der Waals surface area contributed by atoms with Crippen molar-refractivity contribution in [1.29, 1.82) is 0 Å². The van der Waals surface area contributed by atoms with Gasteiger partial charge < -0.3 is 4.90 Å². The maximum absolute atomic E-state index is 4.10. The standard InChI is InChI=1S/C39H31N/c1-4-8-37(5-2)40(38-22-19-31(20-23-38)30-13-11-28(3)12-14-30)39-24-21-35-26-34(17-18-36(35)27-39)33-16-15-29-9-6-7-10-32(29)25-33/h4-27H,1-2H2,3H3/b37-8+. The van der Waals surface area contributed by atoms with Crippen LogP contribution in [0.2, 0.25) is 0 Å². The number of fused-ring (bicyclic) bond motifs is 2. The van der Waals surface area contributed by atoms with Crippen LogP contribution < -0.4 is 4.90 Å². The number of benzene rings is 6. The maximum Gasteiger partial charge on any atom is 0.0467 e. The third-order valence-corrected chi connectivity index (χ3v) is 7.43. The summed E-state index contributed by atoms with van der Waals surface area (Å²) in [7, 11) is 0. The average Bonchev–Trinajstić information content (AvgIpc) is 3.01. The third-order valence-electron chi connectivity index (χ3n) is 7.43. The van der Waals surface area contributed by atoms with E-state index in [4.69, 9.17) is 0 Å². The Balaban J connectivity index is 1.38. The monoisotopic (exact) mass is 513 g/mol. The van der Waals surface area contributed by atoms with Crippen molar-refractivity contribution in [2.24, 2.45) is 0 Å². The predicted molar refractivity (Wildman–Crippen MR) is 174 cm³/mol. The van der Waals surface area contributed by atoms with Crippen LogP contribution in [0.1, 0.15) is 5.56 Å². The van der Waals surface area contributed by atoms with Crippen LogP contribution >= 0.6 is 0 Å². The highest BCUT2D eigenvalue weighted by Gasteiger charge is 2.14. The summed E-state index contributed by atoms with van der Waals surface area (Å²) in [5.74, 6) is 0. The molecule has 40 heavy (non-hydrogen) atoms. The van der Waals surface area contributed by atoms with Crippen LogP contribution in [0.15, 0.2) is 164 Å². The molecular formula is C39H31N. The Bertz CT molecular complexity index is 1870. The van der Waals surface area contributed by atoms with Crippen LogP contribution in [0, 0.1) is 6.92 Å². The van der Waals surface area contributed by atoms with E-state index in [9.17, 15) is 0 Å². The van der Waals surface area contributed by atoms with Gasteiger partial charge in [0, 0.05) is 17.1 Å². The normalized spacial score (nSPS) is 11.5. The van der Waals surface area contributed by atoms with Gasteiger partial charge in [0.2, 0.25) is 0 Å². The molecule has 0 spiro atoms. The Labute approximate surface area is 236 Å². The van der Waals surface area contributed by atoms with E-state index in [-0.39, 0.29) is 0 Å². The maximum atomic E-state index is 4.10. The molecule has 0 aliphatic carbocycles. The fourth-order valence-electron chi connectivity index (χ4n) is 5.27. The van der Waals surface area contributed by atoms with Crippen LogP contribution in [-0.4, -0.2) is 0 Å². The average molecular weight is 514 g/mol. The highest BCUT2D eigenvalue weighted by molar-refractivity contribution is 5.93. The van der Waals surface area contributed by atoms with Crippen LogP contribution in [0.25, 0.3) is 43.8 Å². The van der Waals surface area contributed by atoms with Gasteiger partial charge in [-0.05, 0) is 99.3 Å². The zero-order valence-corrected chi connectivity index (χ0v) is 22.7. The molecule has 0 aliphatic heterocycles. The summed E-state index contributed by atoms with van der Waals surface area (Å²) in [6, 6.07) is 45.8. The lowest BCUT2D eigenvalue weighted by Gasteiger charge is -2.27. The van der Waals surface area contributed by atoms with E-state index in [0.29, 0.717) is 0 Å². The van der Waals surface area contributed by atoms with Crippen molar-refractivity contribution in [3.63, 3.8) is 0 Å². The Hall–Kier alpha value is -5.14. The molecule has 0 aromatic heterocycles. The number of aryl methyl sites for hydroxylation is 1. The van der Waals surface area contributed by atoms with Gasteiger partial charge in [0.05, 0.1) is 0 Å². The number of hydrogen-bond donors (Lipinski definition) is 0. The summed E-state index contributed by atoms with van der Waals surface area (Å²) < 4.78 is 0. The Morgan fingerprint density at radius 3 is 1.68 bits per heavy atom. The first-order valence-corrected chi connectivity index (χ1v) is 13.6. The molecule has 6 aromatic carbocycles. The highest BCUT2D eigenvalue weighted by Crippen LogP contribution is 2.35. The zero-order valence-electron chi connectivity index (χ0n) is 22.7. The van der Waals surface area contributed by atoms with E-state index >= 15 is 0 Å². The van der Waals surface area contributed by atoms with Crippen molar-refractivity contribution < 1.29 is 0 Å². The lowest BCUT2D eigenvalue weighted by Crippen LogP contribution is -2.14. The molecule has 6 rings (SSSR count). The van der Waals surface area contributed by atoms with Crippen LogP contribution in [0.3, 0.4) is 0 Å². The Kier molecular flexibility index (Phi) is 6.87. The molecule has 0 saturated heterocycles. The van der Waals surface area contributed by atoms with E-state index < -0.39 is 0 Å². The quantitative estimate of drug-likeness (QED) is 0.192. The van der Waals surface area contributed by atoms with E-state index in [0.717, 1.165) is 17.1 Å². The first kappa shape index (κ1) is 25.2. The minimum Gasteiger partial charge on any atom is -0.311 e. The van der Waals surface area contributed by atoms with Crippen LogP contribution in [0.4, 0.5) is 11.4 Å². The number of nitrogens with zero attached hydrogens (tertiary/aromatic N) is 1. The molecule has 0 aliphatic rings. The SMILES string of the molecule is C=C/C=C(\C=C)N(c1ccc(-c2ccc(C)cc2)cc1)c1ccc2cc(-c3ccc4ccccc4c3)ccc2c1. The topological polar surface area (TPSA) is 3.24 Å². The summed E-state index contributed by atoms with van der Waals surface area (Å²) in [5.41, 5.74) is 9.20. The molecular weight excluding hydrogens is 482 g/mol. The molecule has 0 heterocycles. The Morgan fingerprint density at radius 1 is 0.525 bits per heavy atom.